The molecule has 2 saturated heterocycles. The van der Waals surface area contributed by atoms with Gasteiger partial charge in [0, 0.05) is 32.6 Å². The zero-order valence-corrected chi connectivity index (χ0v) is 14.2. The Bertz CT molecular complexity index is 461. The van der Waals surface area contributed by atoms with E-state index in [4.69, 9.17) is 4.52 Å². The highest BCUT2D eigenvalue weighted by Gasteiger charge is 2.25. The third-order valence-electron chi connectivity index (χ3n) is 5.24. The van der Waals surface area contributed by atoms with Crippen LogP contribution in [0, 0.1) is 5.92 Å². The van der Waals surface area contributed by atoms with Crippen LogP contribution in [0.3, 0.4) is 0 Å². The molecular weight excluding hydrogens is 278 g/mol. The summed E-state index contributed by atoms with van der Waals surface area (Å²) in [5, 5.41) is 4.22. The number of piperazine rings is 1. The minimum absolute atomic E-state index is 0.229. The first-order valence-electron chi connectivity index (χ1n) is 8.55. The highest BCUT2D eigenvalue weighted by Crippen LogP contribution is 2.23. The van der Waals surface area contributed by atoms with E-state index < -0.39 is 0 Å². The normalized spacial score (nSPS) is 24.7. The second-order valence-electron chi connectivity index (χ2n) is 7.01. The lowest BCUT2D eigenvalue weighted by molar-refractivity contribution is 0.102. The first-order valence-corrected chi connectivity index (χ1v) is 8.55. The third kappa shape index (κ3) is 3.86. The highest BCUT2D eigenvalue weighted by atomic mass is 16.5. The fourth-order valence-electron chi connectivity index (χ4n) is 3.41. The van der Waals surface area contributed by atoms with Crippen LogP contribution in [0.15, 0.2) is 4.52 Å². The van der Waals surface area contributed by atoms with Crippen molar-refractivity contribution in [3.05, 3.63) is 11.7 Å². The zero-order valence-electron chi connectivity index (χ0n) is 14.2. The van der Waals surface area contributed by atoms with Crippen LogP contribution < -0.4 is 0 Å². The Morgan fingerprint density at radius 1 is 1.05 bits per heavy atom. The molecule has 6 heteroatoms. The van der Waals surface area contributed by atoms with Crippen LogP contribution in [0.5, 0.6) is 0 Å². The summed E-state index contributed by atoms with van der Waals surface area (Å²) in [6, 6.07) is 0.229. The Balaban J connectivity index is 1.54. The monoisotopic (exact) mass is 307 g/mol. The number of hydrogen-bond acceptors (Lipinski definition) is 6. The van der Waals surface area contributed by atoms with E-state index in [1.165, 1.54) is 25.9 Å². The van der Waals surface area contributed by atoms with Gasteiger partial charge in [-0.3, -0.25) is 4.90 Å². The van der Waals surface area contributed by atoms with Crippen LogP contribution >= 0.6 is 0 Å². The third-order valence-corrected chi connectivity index (χ3v) is 5.24. The first-order chi connectivity index (χ1) is 10.6. The smallest absolute Gasteiger partial charge is 0.243 e. The van der Waals surface area contributed by atoms with Gasteiger partial charge in [0.25, 0.3) is 0 Å². The molecule has 6 nitrogen and oxygen atoms in total. The maximum absolute atomic E-state index is 5.54. The van der Waals surface area contributed by atoms with Crippen molar-refractivity contribution < 1.29 is 4.52 Å². The van der Waals surface area contributed by atoms with Crippen LogP contribution in [-0.4, -0.2) is 78.2 Å². The lowest BCUT2D eigenvalue weighted by Crippen LogP contribution is -2.45. The Kier molecular flexibility index (Phi) is 5.10. The fourth-order valence-corrected chi connectivity index (χ4v) is 3.41. The van der Waals surface area contributed by atoms with Crippen LogP contribution in [0.2, 0.25) is 0 Å². The number of aromatic nitrogens is 2. The summed E-state index contributed by atoms with van der Waals surface area (Å²) in [4.78, 5) is 11.9. The SMILES string of the molecule is C[C@H](c1nc(CC2CCN(C)CC2)no1)N1CCN(C)CC1. The second-order valence-corrected chi connectivity index (χ2v) is 7.01. The molecular formula is C16H29N5O. The Labute approximate surface area is 133 Å². The summed E-state index contributed by atoms with van der Waals surface area (Å²) in [6.07, 6.45) is 3.45. The van der Waals surface area contributed by atoms with Crippen molar-refractivity contribution in [2.24, 2.45) is 5.92 Å². The van der Waals surface area contributed by atoms with Gasteiger partial charge in [-0.25, -0.2) is 0 Å². The molecule has 124 valence electrons. The summed E-state index contributed by atoms with van der Waals surface area (Å²) < 4.78 is 5.54. The summed E-state index contributed by atoms with van der Waals surface area (Å²) in [7, 11) is 4.37. The van der Waals surface area contributed by atoms with Crippen molar-refractivity contribution in [3.63, 3.8) is 0 Å². The van der Waals surface area contributed by atoms with Gasteiger partial charge >= 0.3 is 0 Å². The standard InChI is InChI=1S/C16H29N5O/c1-13(21-10-8-20(3)9-11-21)16-17-15(18-22-16)12-14-4-6-19(2)7-5-14/h13-14H,4-12H2,1-3H3/t13-/m1/s1. The van der Waals surface area contributed by atoms with Crippen molar-refractivity contribution in [2.75, 3.05) is 53.4 Å². The molecule has 0 amide bonds. The molecule has 1 aromatic rings. The van der Waals surface area contributed by atoms with Gasteiger partial charge < -0.3 is 14.3 Å². The Morgan fingerprint density at radius 2 is 1.68 bits per heavy atom. The molecule has 3 rings (SSSR count). The van der Waals surface area contributed by atoms with E-state index in [1.54, 1.807) is 0 Å². The van der Waals surface area contributed by atoms with E-state index in [2.05, 4.69) is 45.9 Å². The van der Waals surface area contributed by atoms with Crippen molar-refractivity contribution in [1.82, 2.24) is 24.8 Å². The summed E-state index contributed by atoms with van der Waals surface area (Å²) in [6.45, 7) is 8.93. The van der Waals surface area contributed by atoms with Crippen LogP contribution in [-0.2, 0) is 6.42 Å². The average Bonchev–Trinajstić information content (AvgIpc) is 2.98. The van der Waals surface area contributed by atoms with Gasteiger partial charge in [-0.1, -0.05) is 5.16 Å². The fraction of sp³-hybridized carbons (Fsp3) is 0.875. The molecule has 0 radical (unpaired) electrons. The van der Waals surface area contributed by atoms with Crippen LogP contribution in [0.4, 0.5) is 0 Å². The van der Waals surface area contributed by atoms with E-state index in [0.29, 0.717) is 5.92 Å². The van der Waals surface area contributed by atoms with Crippen molar-refractivity contribution in [3.8, 4) is 0 Å². The first kappa shape index (κ1) is 15.9. The maximum Gasteiger partial charge on any atom is 0.243 e. The minimum Gasteiger partial charge on any atom is -0.338 e. The van der Waals surface area contributed by atoms with E-state index in [-0.39, 0.29) is 6.04 Å². The largest absolute Gasteiger partial charge is 0.338 e. The molecule has 2 fully saturated rings. The summed E-state index contributed by atoms with van der Waals surface area (Å²) >= 11 is 0. The second kappa shape index (κ2) is 7.06. The quantitative estimate of drug-likeness (QED) is 0.835. The van der Waals surface area contributed by atoms with Crippen LogP contribution in [0.1, 0.15) is 37.5 Å². The molecule has 2 aliphatic heterocycles. The molecule has 0 N–H and O–H groups in total. The molecule has 0 bridgehead atoms. The van der Waals surface area contributed by atoms with Gasteiger partial charge in [0.15, 0.2) is 5.82 Å². The number of likely N-dealkylation sites (tertiary alicyclic amines) is 1. The molecule has 0 aliphatic carbocycles. The molecule has 1 atom stereocenters. The lowest BCUT2D eigenvalue weighted by Gasteiger charge is -2.34. The predicted octanol–water partition coefficient (Wildman–Crippen LogP) is 1.26. The lowest BCUT2D eigenvalue weighted by atomic mass is 9.94. The van der Waals surface area contributed by atoms with Gasteiger partial charge in [0.05, 0.1) is 6.04 Å². The number of rotatable bonds is 4. The van der Waals surface area contributed by atoms with Gasteiger partial charge in [-0.2, -0.15) is 4.98 Å². The molecule has 0 spiro atoms. The van der Waals surface area contributed by atoms with E-state index in [1.807, 2.05) is 0 Å². The van der Waals surface area contributed by atoms with Crippen LogP contribution in [0.25, 0.3) is 0 Å². The topological polar surface area (TPSA) is 48.6 Å². The van der Waals surface area contributed by atoms with Gasteiger partial charge in [0.1, 0.15) is 0 Å². The number of piperidine rings is 1. The highest BCUT2D eigenvalue weighted by molar-refractivity contribution is 4.95. The molecule has 2 aliphatic rings. The van der Waals surface area contributed by atoms with E-state index >= 15 is 0 Å². The van der Waals surface area contributed by atoms with Crippen molar-refractivity contribution >= 4 is 0 Å². The van der Waals surface area contributed by atoms with Crippen molar-refractivity contribution in [2.45, 2.75) is 32.2 Å². The predicted molar refractivity (Wildman–Crippen MR) is 85.7 cm³/mol. The summed E-state index contributed by atoms with van der Waals surface area (Å²) in [5.74, 6) is 2.39. The number of hydrogen-bond donors (Lipinski definition) is 0. The zero-order chi connectivity index (χ0) is 15.5. The molecule has 0 saturated carbocycles. The number of likely N-dealkylation sites (N-methyl/N-ethyl adjacent to an activating group) is 1. The maximum atomic E-state index is 5.54. The Hall–Kier alpha value is -0.980. The summed E-state index contributed by atoms with van der Waals surface area (Å²) in [5.41, 5.74) is 0. The van der Waals surface area contributed by atoms with E-state index in [0.717, 1.165) is 44.3 Å². The average molecular weight is 307 g/mol. The Morgan fingerprint density at radius 3 is 2.36 bits per heavy atom. The van der Waals surface area contributed by atoms with Gasteiger partial charge in [-0.15, -0.1) is 0 Å². The molecule has 0 aromatic carbocycles. The minimum atomic E-state index is 0.229. The molecule has 3 heterocycles. The van der Waals surface area contributed by atoms with E-state index in [9.17, 15) is 0 Å². The van der Waals surface area contributed by atoms with Crippen molar-refractivity contribution in [1.29, 1.82) is 0 Å². The van der Waals surface area contributed by atoms with Gasteiger partial charge in [-0.05, 0) is 52.9 Å². The molecule has 1 aromatic heterocycles. The number of nitrogens with zero attached hydrogens (tertiary/aromatic N) is 5. The molecule has 0 unspecified atom stereocenters. The van der Waals surface area contributed by atoms with Gasteiger partial charge in [0.2, 0.25) is 5.89 Å². The molecule has 22 heavy (non-hydrogen) atoms.